The zero-order valence-corrected chi connectivity index (χ0v) is 19.5. The SMILES string of the molecule is NC(Cc1cnc[nH]1)C(=O)NC(Cc1c[nH]c2ccccc12)C(=O)NC(Cc1ccccc1)C(=O)O. The summed E-state index contributed by atoms with van der Waals surface area (Å²) in [6.07, 6.45) is 5.31. The summed E-state index contributed by atoms with van der Waals surface area (Å²) in [7, 11) is 0. The van der Waals surface area contributed by atoms with Gasteiger partial charge in [0.05, 0.1) is 12.4 Å². The van der Waals surface area contributed by atoms with E-state index in [9.17, 15) is 19.5 Å². The van der Waals surface area contributed by atoms with Gasteiger partial charge in [-0.2, -0.15) is 0 Å². The Morgan fingerprint density at radius 3 is 2.33 bits per heavy atom. The van der Waals surface area contributed by atoms with Crippen LogP contribution in [0.2, 0.25) is 0 Å². The molecule has 0 radical (unpaired) electrons. The fraction of sp³-hybridized carbons (Fsp3) is 0.231. The number of carboxylic acids is 1. The first-order chi connectivity index (χ1) is 17.4. The van der Waals surface area contributed by atoms with E-state index in [0.29, 0.717) is 5.69 Å². The fourth-order valence-electron chi connectivity index (χ4n) is 4.06. The van der Waals surface area contributed by atoms with Gasteiger partial charge in [-0.15, -0.1) is 0 Å². The minimum absolute atomic E-state index is 0.106. The molecule has 7 N–H and O–H groups in total. The third-order valence-electron chi connectivity index (χ3n) is 5.96. The highest BCUT2D eigenvalue weighted by atomic mass is 16.4. The minimum atomic E-state index is -1.17. The molecule has 36 heavy (non-hydrogen) atoms. The van der Waals surface area contributed by atoms with Gasteiger partial charge in [0.2, 0.25) is 11.8 Å². The Hall–Kier alpha value is -4.44. The smallest absolute Gasteiger partial charge is 0.326 e. The number of rotatable bonds is 11. The number of H-pyrrole nitrogens is 2. The number of nitrogens with zero attached hydrogens (tertiary/aromatic N) is 1. The van der Waals surface area contributed by atoms with Crippen molar-refractivity contribution in [2.45, 2.75) is 37.4 Å². The van der Waals surface area contributed by atoms with Crippen LogP contribution < -0.4 is 16.4 Å². The molecule has 0 aliphatic carbocycles. The molecule has 2 heterocycles. The predicted octanol–water partition coefficient (Wildman–Crippen LogP) is 1.30. The maximum Gasteiger partial charge on any atom is 0.326 e. The number of aromatic amines is 2. The van der Waals surface area contributed by atoms with Crippen molar-refractivity contribution in [1.29, 1.82) is 0 Å². The molecule has 10 heteroatoms. The van der Waals surface area contributed by atoms with Crippen LogP contribution in [0.25, 0.3) is 10.9 Å². The zero-order valence-electron chi connectivity index (χ0n) is 19.5. The molecule has 0 aliphatic rings. The number of aliphatic carboxylic acids is 1. The maximum atomic E-state index is 13.3. The second-order valence-corrected chi connectivity index (χ2v) is 8.60. The molecule has 0 bridgehead atoms. The van der Waals surface area contributed by atoms with Gasteiger partial charge in [0.1, 0.15) is 12.1 Å². The third kappa shape index (κ3) is 6.16. The number of nitrogens with one attached hydrogen (secondary N) is 4. The van der Waals surface area contributed by atoms with Crippen LogP contribution in [0.3, 0.4) is 0 Å². The van der Waals surface area contributed by atoms with E-state index in [2.05, 4.69) is 25.6 Å². The molecule has 0 saturated carbocycles. The average Bonchev–Trinajstić information content (AvgIpc) is 3.53. The number of carboxylic acid groups (broad SMARTS) is 1. The van der Waals surface area contributed by atoms with E-state index in [4.69, 9.17) is 5.73 Å². The Morgan fingerprint density at radius 1 is 0.889 bits per heavy atom. The molecule has 2 aromatic carbocycles. The molecule has 0 fully saturated rings. The highest BCUT2D eigenvalue weighted by Crippen LogP contribution is 2.19. The van der Waals surface area contributed by atoms with Crippen molar-refractivity contribution in [3.05, 3.63) is 90.1 Å². The number of hydrogen-bond donors (Lipinski definition) is 6. The van der Waals surface area contributed by atoms with Gasteiger partial charge in [0.25, 0.3) is 0 Å². The Kier molecular flexibility index (Phi) is 7.76. The molecule has 4 aromatic rings. The number of aromatic nitrogens is 3. The number of hydrogen-bond acceptors (Lipinski definition) is 5. The van der Waals surface area contributed by atoms with Crippen LogP contribution in [-0.4, -0.2) is 56.0 Å². The van der Waals surface area contributed by atoms with Crippen LogP contribution in [0.5, 0.6) is 0 Å². The number of fused-ring (bicyclic) bond motifs is 1. The summed E-state index contributed by atoms with van der Waals surface area (Å²) in [6.45, 7) is 0. The molecule has 186 valence electrons. The van der Waals surface area contributed by atoms with Crippen molar-refractivity contribution in [3.8, 4) is 0 Å². The molecule has 0 aliphatic heterocycles. The van der Waals surface area contributed by atoms with Crippen molar-refractivity contribution >= 4 is 28.7 Å². The first-order valence-corrected chi connectivity index (χ1v) is 11.6. The van der Waals surface area contributed by atoms with Gasteiger partial charge >= 0.3 is 5.97 Å². The summed E-state index contributed by atoms with van der Waals surface area (Å²) in [6, 6.07) is 13.5. The summed E-state index contributed by atoms with van der Waals surface area (Å²) < 4.78 is 0. The quantitative estimate of drug-likeness (QED) is 0.186. The van der Waals surface area contributed by atoms with Crippen LogP contribution in [-0.2, 0) is 33.6 Å². The molecule has 3 unspecified atom stereocenters. The lowest BCUT2D eigenvalue weighted by Gasteiger charge is -2.23. The van der Waals surface area contributed by atoms with Gasteiger partial charge < -0.3 is 31.4 Å². The molecule has 0 spiro atoms. The van der Waals surface area contributed by atoms with Gasteiger partial charge in [0, 0.05) is 48.3 Å². The van der Waals surface area contributed by atoms with E-state index < -0.39 is 35.9 Å². The first-order valence-electron chi connectivity index (χ1n) is 11.6. The van der Waals surface area contributed by atoms with Gasteiger partial charge in [-0.1, -0.05) is 48.5 Å². The van der Waals surface area contributed by atoms with Crippen molar-refractivity contribution in [3.63, 3.8) is 0 Å². The van der Waals surface area contributed by atoms with E-state index in [0.717, 1.165) is 22.0 Å². The maximum absolute atomic E-state index is 13.3. The van der Waals surface area contributed by atoms with Gasteiger partial charge in [-0.25, -0.2) is 9.78 Å². The fourth-order valence-corrected chi connectivity index (χ4v) is 4.06. The molecular weight excluding hydrogens is 460 g/mol. The second-order valence-electron chi connectivity index (χ2n) is 8.60. The lowest BCUT2D eigenvalue weighted by atomic mass is 10.0. The number of imidazole rings is 1. The standard InChI is InChI=1S/C26H28N6O4/c27-20(12-18-14-28-15-30-18)24(33)31-22(11-17-13-29-21-9-5-4-8-19(17)21)25(34)32-23(26(35)36)10-16-6-2-1-3-7-16/h1-9,13-15,20,22-23,29H,10-12,27H2,(H,28,30)(H,31,33)(H,32,34)(H,35,36). The van der Waals surface area contributed by atoms with Crippen LogP contribution in [0.4, 0.5) is 0 Å². The van der Waals surface area contributed by atoms with E-state index in [1.54, 1.807) is 36.7 Å². The highest BCUT2D eigenvalue weighted by molar-refractivity contribution is 5.93. The van der Waals surface area contributed by atoms with Crippen LogP contribution in [0, 0.1) is 0 Å². The Labute approximate surface area is 207 Å². The molecule has 3 atom stereocenters. The number of nitrogens with two attached hydrogens (primary N) is 1. The number of benzene rings is 2. The van der Waals surface area contributed by atoms with Gasteiger partial charge in [0.15, 0.2) is 0 Å². The Morgan fingerprint density at radius 2 is 1.61 bits per heavy atom. The van der Waals surface area contributed by atoms with Crippen LogP contribution >= 0.6 is 0 Å². The third-order valence-corrected chi connectivity index (χ3v) is 5.96. The van der Waals surface area contributed by atoms with Crippen molar-refractivity contribution in [1.82, 2.24) is 25.6 Å². The second kappa shape index (κ2) is 11.3. The van der Waals surface area contributed by atoms with Crippen molar-refractivity contribution in [2.75, 3.05) is 0 Å². The Balaban J connectivity index is 1.53. The number of carbonyl (C=O) groups excluding carboxylic acids is 2. The Bertz CT molecular complexity index is 1320. The first kappa shape index (κ1) is 24.7. The van der Waals surface area contributed by atoms with Crippen molar-refractivity contribution < 1.29 is 19.5 Å². The summed E-state index contributed by atoms with van der Waals surface area (Å²) in [5.41, 5.74) is 9.23. The number of carbonyl (C=O) groups is 3. The van der Waals surface area contributed by atoms with Crippen molar-refractivity contribution in [2.24, 2.45) is 5.73 Å². The minimum Gasteiger partial charge on any atom is -0.480 e. The van der Waals surface area contributed by atoms with Crippen LogP contribution in [0.1, 0.15) is 16.8 Å². The largest absolute Gasteiger partial charge is 0.480 e. The molecule has 10 nitrogen and oxygen atoms in total. The summed E-state index contributed by atoms with van der Waals surface area (Å²) in [4.78, 5) is 48.1. The summed E-state index contributed by atoms with van der Waals surface area (Å²) in [5.74, 6) is -2.30. The normalized spacial score (nSPS) is 13.6. The molecule has 4 rings (SSSR count). The van der Waals surface area contributed by atoms with Gasteiger partial charge in [-0.05, 0) is 17.2 Å². The van der Waals surface area contributed by atoms with E-state index >= 15 is 0 Å². The lowest BCUT2D eigenvalue weighted by Crippen LogP contribution is -2.55. The molecular formula is C26H28N6O4. The highest BCUT2D eigenvalue weighted by Gasteiger charge is 2.29. The summed E-state index contributed by atoms with van der Waals surface area (Å²) in [5, 5.41) is 16.0. The lowest BCUT2D eigenvalue weighted by molar-refractivity contribution is -0.142. The predicted molar refractivity (Wildman–Crippen MR) is 134 cm³/mol. The van der Waals surface area contributed by atoms with Crippen LogP contribution in [0.15, 0.2) is 73.3 Å². The molecule has 0 saturated heterocycles. The molecule has 2 amide bonds. The average molecular weight is 489 g/mol. The number of amides is 2. The molecule has 2 aromatic heterocycles. The summed E-state index contributed by atoms with van der Waals surface area (Å²) >= 11 is 0. The zero-order chi connectivity index (χ0) is 25.5. The number of para-hydroxylation sites is 1. The van der Waals surface area contributed by atoms with E-state index in [-0.39, 0.29) is 19.3 Å². The monoisotopic (exact) mass is 488 g/mol. The van der Waals surface area contributed by atoms with E-state index in [1.807, 2.05) is 30.3 Å². The topological polar surface area (TPSA) is 166 Å². The van der Waals surface area contributed by atoms with E-state index in [1.165, 1.54) is 6.33 Å². The van der Waals surface area contributed by atoms with Gasteiger partial charge in [-0.3, -0.25) is 9.59 Å².